The molecule has 0 aromatic rings. The first-order valence-electron chi connectivity index (χ1n) is 5.34. The average molecular weight is 366 g/mol. The minimum Gasteiger partial charge on any atom is -0.484 e. The Morgan fingerprint density at radius 2 is 1.05 bits per heavy atom. The molecule has 0 fully saturated rings. The zero-order chi connectivity index (χ0) is 17.8. The van der Waals surface area contributed by atoms with E-state index in [2.05, 4.69) is 20.8 Å². The summed E-state index contributed by atoms with van der Waals surface area (Å²) in [6.45, 7) is -3.18. The largest absolute Gasteiger partial charge is 0.484 e. The maximum atomic E-state index is 12.1. The molecule has 132 valence electrons. The van der Waals surface area contributed by atoms with Crippen LogP contribution in [0.5, 0.6) is 0 Å². The zero-order valence-electron chi connectivity index (χ0n) is 11.0. The molecule has 0 N–H and O–H groups in total. The van der Waals surface area contributed by atoms with Gasteiger partial charge in [0, 0.05) is 0 Å². The molecule has 0 aliphatic carbocycles. The van der Waals surface area contributed by atoms with E-state index in [-0.39, 0.29) is 0 Å². The maximum Gasteiger partial charge on any atom is 0.422 e. The standard InChI is InChI=1S/C9H11F9O3Si/c1-5(19-2-6(10,11)12)9(22,20-3-7(13,14)15)21-4-8(16,17)18/h1-4H2,22H3. The highest BCUT2D eigenvalue weighted by atomic mass is 28.1. The molecule has 0 aromatic carbocycles. The molecule has 0 heterocycles. The summed E-state index contributed by atoms with van der Waals surface area (Å²) < 4.78 is 121. The Kier molecular flexibility index (Phi) is 6.77. The van der Waals surface area contributed by atoms with Gasteiger partial charge in [-0.05, 0) is 0 Å². The first-order valence-corrected chi connectivity index (χ1v) is 6.34. The Labute approximate surface area is 121 Å². The van der Waals surface area contributed by atoms with E-state index in [4.69, 9.17) is 0 Å². The van der Waals surface area contributed by atoms with Crippen molar-refractivity contribution in [3.05, 3.63) is 12.3 Å². The maximum absolute atomic E-state index is 12.1. The lowest BCUT2D eigenvalue weighted by Crippen LogP contribution is -2.44. The van der Waals surface area contributed by atoms with Gasteiger partial charge in [0.1, 0.15) is 19.0 Å². The number of hydrogen-bond acceptors (Lipinski definition) is 3. The predicted molar refractivity (Wildman–Crippen MR) is 57.8 cm³/mol. The lowest BCUT2D eigenvalue weighted by atomic mass is 10.5. The number of rotatable bonds is 7. The summed E-state index contributed by atoms with van der Waals surface area (Å²) in [6.07, 6.45) is -14.7. The monoisotopic (exact) mass is 366 g/mol. The van der Waals surface area contributed by atoms with Crippen LogP contribution in [-0.2, 0) is 14.2 Å². The molecular formula is C9H11F9O3Si. The third kappa shape index (κ3) is 9.89. The van der Waals surface area contributed by atoms with Gasteiger partial charge < -0.3 is 14.2 Å². The minimum atomic E-state index is -4.93. The molecule has 0 saturated heterocycles. The molecule has 13 heteroatoms. The number of ether oxygens (including phenoxy) is 3. The Balaban J connectivity index is 4.93. The summed E-state index contributed by atoms with van der Waals surface area (Å²) >= 11 is 0. The van der Waals surface area contributed by atoms with E-state index < -0.39 is 59.8 Å². The fourth-order valence-electron chi connectivity index (χ4n) is 0.942. The molecular weight excluding hydrogens is 355 g/mol. The number of hydrogen-bond donors (Lipinski definition) is 0. The van der Waals surface area contributed by atoms with Crippen molar-refractivity contribution in [2.45, 2.75) is 23.9 Å². The van der Waals surface area contributed by atoms with Crippen molar-refractivity contribution in [3.63, 3.8) is 0 Å². The number of halogens is 9. The molecule has 0 amide bonds. The Hall–Kier alpha value is -0.953. The third-order valence-corrected chi connectivity index (χ3v) is 3.07. The summed E-state index contributed by atoms with van der Waals surface area (Å²) in [4.78, 5) is 0. The van der Waals surface area contributed by atoms with E-state index in [1.807, 2.05) is 0 Å². The van der Waals surface area contributed by atoms with E-state index in [0.29, 0.717) is 0 Å². The van der Waals surface area contributed by atoms with Crippen LogP contribution < -0.4 is 0 Å². The van der Waals surface area contributed by atoms with Gasteiger partial charge in [-0.2, -0.15) is 39.5 Å². The fourth-order valence-corrected chi connectivity index (χ4v) is 1.37. The van der Waals surface area contributed by atoms with Gasteiger partial charge in [-0.1, -0.05) is 6.58 Å². The molecule has 0 saturated carbocycles. The highest BCUT2D eigenvalue weighted by molar-refractivity contribution is 6.15. The zero-order valence-corrected chi connectivity index (χ0v) is 13.0. The molecule has 0 rings (SSSR count). The predicted octanol–water partition coefficient (Wildman–Crippen LogP) is 2.26. The normalized spacial score (nSPS) is 14.2. The van der Waals surface area contributed by atoms with Crippen molar-refractivity contribution in [2.75, 3.05) is 19.8 Å². The van der Waals surface area contributed by atoms with E-state index in [0.717, 1.165) is 0 Å². The Morgan fingerprint density at radius 1 is 0.727 bits per heavy atom. The first kappa shape index (κ1) is 21.0. The summed E-state index contributed by atoms with van der Waals surface area (Å²) in [7, 11) is -0.696. The third-order valence-electron chi connectivity index (χ3n) is 1.94. The van der Waals surface area contributed by atoms with Gasteiger partial charge in [-0.15, -0.1) is 0 Å². The van der Waals surface area contributed by atoms with Crippen molar-refractivity contribution in [2.24, 2.45) is 0 Å². The van der Waals surface area contributed by atoms with Crippen LogP contribution in [0, 0.1) is 0 Å². The van der Waals surface area contributed by atoms with Crippen molar-refractivity contribution in [1.29, 1.82) is 0 Å². The fraction of sp³-hybridized carbons (Fsp3) is 0.778. The van der Waals surface area contributed by atoms with Crippen LogP contribution in [0.2, 0.25) is 0 Å². The van der Waals surface area contributed by atoms with Crippen molar-refractivity contribution in [1.82, 2.24) is 0 Å². The van der Waals surface area contributed by atoms with Gasteiger partial charge in [-0.25, -0.2) is 0 Å². The lowest BCUT2D eigenvalue weighted by molar-refractivity contribution is -0.277. The van der Waals surface area contributed by atoms with Crippen molar-refractivity contribution >= 4 is 10.2 Å². The van der Waals surface area contributed by atoms with Gasteiger partial charge >= 0.3 is 18.5 Å². The van der Waals surface area contributed by atoms with Crippen LogP contribution >= 0.6 is 0 Å². The van der Waals surface area contributed by atoms with Crippen LogP contribution in [0.25, 0.3) is 0 Å². The van der Waals surface area contributed by atoms with Crippen molar-refractivity contribution < 1.29 is 53.7 Å². The van der Waals surface area contributed by atoms with E-state index in [1.165, 1.54) is 0 Å². The molecule has 0 atom stereocenters. The van der Waals surface area contributed by atoms with E-state index in [9.17, 15) is 39.5 Å². The van der Waals surface area contributed by atoms with Crippen LogP contribution in [0.15, 0.2) is 12.3 Å². The van der Waals surface area contributed by atoms with Gasteiger partial charge in [0.15, 0.2) is 12.0 Å². The molecule has 0 spiro atoms. The molecule has 0 unspecified atom stereocenters. The van der Waals surface area contributed by atoms with Gasteiger partial charge in [-0.3, -0.25) is 0 Å². The second kappa shape index (κ2) is 7.08. The Morgan fingerprint density at radius 3 is 1.32 bits per heavy atom. The lowest BCUT2D eigenvalue weighted by Gasteiger charge is -2.32. The van der Waals surface area contributed by atoms with Crippen molar-refractivity contribution in [3.8, 4) is 0 Å². The summed E-state index contributed by atoms with van der Waals surface area (Å²) in [5.41, 5.74) is -2.73. The van der Waals surface area contributed by atoms with Crippen LogP contribution in [0.1, 0.15) is 0 Å². The van der Waals surface area contributed by atoms with E-state index in [1.54, 1.807) is 0 Å². The SMILES string of the molecule is C=C(OCC(F)(F)F)C([SiH3])(OCC(F)(F)F)OCC(F)(F)F. The van der Waals surface area contributed by atoms with Gasteiger partial charge in [0.05, 0.1) is 10.2 Å². The summed E-state index contributed by atoms with van der Waals surface area (Å²) in [5, 5.41) is 0. The average Bonchev–Trinajstić information content (AvgIpc) is 2.28. The van der Waals surface area contributed by atoms with Crippen LogP contribution in [0.4, 0.5) is 39.5 Å². The quantitative estimate of drug-likeness (QED) is 0.299. The molecule has 3 nitrogen and oxygen atoms in total. The molecule has 0 radical (unpaired) electrons. The molecule has 0 aliphatic heterocycles. The second-order valence-corrected chi connectivity index (χ2v) is 5.40. The smallest absolute Gasteiger partial charge is 0.422 e. The van der Waals surface area contributed by atoms with Gasteiger partial charge in [0.2, 0.25) is 0 Å². The topological polar surface area (TPSA) is 27.7 Å². The highest BCUT2D eigenvalue weighted by Crippen LogP contribution is 2.28. The highest BCUT2D eigenvalue weighted by Gasteiger charge is 2.42. The Bertz CT molecular complexity index is 356. The van der Waals surface area contributed by atoms with Gasteiger partial charge in [0.25, 0.3) is 0 Å². The van der Waals surface area contributed by atoms with Crippen LogP contribution in [-0.4, -0.2) is 54.0 Å². The molecule has 0 aliphatic rings. The molecule has 0 aromatic heterocycles. The van der Waals surface area contributed by atoms with E-state index >= 15 is 0 Å². The first-order chi connectivity index (χ1) is 9.54. The summed E-state index contributed by atoms with van der Waals surface area (Å²) in [6, 6.07) is 0. The second-order valence-electron chi connectivity index (χ2n) is 4.08. The molecule has 22 heavy (non-hydrogen) atoms. The minimum absolute atomic E-state index is 0.696. The summed E-state index contributed by atoms with van der Waals surface area (Å²) in [5.74, 6) is -1.12. The number of alkyl halides is 9. The van der Waals surface area contributed by atoms with Crippen LogP contribution in [0.3, 0.4) is 0 Å². The molecule has 0 bridgehead atoms.